The molecule has 4 aliphatic rings. The topological polar surface area (TPSA) is 54.0 Å². The highest BCUT2D eigenvalue weighted by molar-refractivity contribution is 5.86. The van der Waals surface area contributed by atoms with Crippen LogP contribution in [0.15, 0.2) is 36.4 Å². The van der Waals surface area contributed by atoms with Crippen LogP contribution >= 0.6 is 0 Å². The lowest BCUT2D eigenvalue weighted by Crippen LogP contribution is -2.38. The SMILES string of the molecule is O=C1C(Cc2ccc3c(c2)OCO3)C2CCC(C2)C1Cc1ccc2c(c1)OCO2. The van der Waals surface area contributed by atoms with Gasteiger partial charge >= 0.3 is 0 Å². The lowest BCUT2D eigenvalue weighted by atomic mass is 9.68. The molecule has 5 nitrogen and oxygen atoms in total. The molecule has 4 unspecified atom stereocenters. The van der Waals surface area contributed by atoms with Gasteiger partial charge in [0.2, 0.25) is 13.6 Å². The van der Waals surface area contributed by atoms with Crippen molar-refractivity contribution >= 4 is 5.78 Å². The second-order valence-corrected chi connectivity index (χ2v) is 8.73. The lowest BCUT2D eigenvalue weighted by Gasteiger charge is -2.34. The fraction of sp³-hybridized carbons (Fsp3) is 0.458. The molecule has 5 heteroatoms. The Kier molecular flexibility index (Phi) is 3.96. The van der Waals surface area contributed by atoms with Crippen LogP contribution in [0.1, 0.15) is 30.4 Å². The summed E-state index contributed by atoms with van der Waals surface area (Å²) in [6.07, 6.45) is 5.11. The number of benzene rings is 2. The Morgan fingerprint density at radius 2 is 1.17 bits per heavy atom. The molecular weight excluding hydrogens is 368 g/mol. The van der Waals surface area contributed by atoms with Crippen LogP contribution in [-0.2, 0) is 17.6 Å². The molecular formula is C24H24O5. The van der Waals surface area contributed by atoms with Gasteiger partial charge in [0.05, 0.1) is 0 Å². The van der Waals surface area contributed by atoms with Crippen molar-refractivity contribution in [1.29, 1.82) is 0 Å². The maximum absolute atomic E-state index is 13.6. The summed E-state index contributed by atoms with van der Waals surface area (Å²) in [7, 11) is 0. The van der Waals surface area contributed by atoms with Crippen LogP contribution in [-0.4, -0.2) is 19.4 Å². The number of rotatable bonds is 4. The van der Waals surface area contributed by atoms with Crippen LogP contribution in [0.4, 0.5) is 0 Å². The Balaban J connectivity index is 1.23. The Morgan fingerprint density at radius 1 is 0.690 bits per heavy atom. The summed E-state index contributed by atoms with van der Waals surface area (Å²) in [6, 6.07) is 12.2. The van der Waals surface area contributed by atoms with Gasteiger partial charge in [0.25, 0.3) is 0 Å². The number of carbonyl (C=O) groups is 1. The monoisotopic (exact) mass is 392 g/mol. The smallest absolute Gasteiger partial charge is 0.231 e. The van der Waals surface area contributed by atoms with Gasteiger partial charge in [0.1, 0.15) is 5.78 Å². The average Bonchev–Trinajstić information content (AvgIpc) is 3.47. The van der Waals surface area contributed by atoms with Crippen LogP contribution in [0.3, 0.4) is 0 Å². The van der Waals surface area contributed by atoms with E-state index in [-0.39, 0.29) is 25.4 Å². The molecule has 2 fully saturated rings. The van der Waals surface area contributed by atoms with Gasteiger partial charge in [0, 0.05) is 11.8 Å². The molecule has 0 saturated heterocycles. The van der Waals surface area contributed by atoms with Crippen LogP contribution in [0.5, 0.6) is 23.0 Å². The van der Waals surface area contributed by atoms with Crippen molar-refractivity contribution in [2.45, 2.75) is 32.1 Å². The molecule has 0 radical (unpaired) electrons. The van der Waals surface area contributed by atoms with Gasteiger partial charge < -0.3 is 18.9 Å². The van der Waals surface area contributed by atoms with E-state index in [1.807, 2.05) is 24.3 Å². The average molecular weight is 392 g/mol. The zero-order valence-electron chi connectivity index (χ0n) is 16.3. The fourth-order valence-electron chi connectivity index (χ4n) is 5.70. The van der Waals surface area contributed by atoms with E-state index in [1.54, 1.807) is 0 Å². The zero-order chi connectivity index (χ0) is 19.4. The number of ketones is 1. The van der Waals surface area contributed by atoms with Crippen LogP contribution < -0.4 is 18.9 Å². The molecule has 2 saturated carbocycles. The van der Waals surface area contributed by atoms with E-state index in [0.29, 0.717) is 17.6 Å². The Bertz CT molecular complexity index is 892. The highest BCUT2D eigenvalue weighted by atomic mass is 16.7. The van der Waals surface area contributed by atoms with Crippen LogP contribution in [0.2, 0.25) is 0 Å². The molecule has 29 heavy (non-hydrogen) atoms. The van der Waals surface area contributed by atoms with Gasteiger partial charge in [-0.2, -0.15) is 0 Å². The van der Waals surface area contributed by atoms with Gasteiger partial charge in [-0.05, 0) is 79.3 Å². The van der Waals surface area contributed by atoms with Crippen LogP contribution in [0.25, 0.3) is 0 Å². The molecule has 0 aromatic heterocycles. The number of ether oxygens (including phenoxy) is 4. The third kappa shape index (κ3) is 2.95. The van der Waals surface area contributed by atoms with Crippen molar-refractivity contribution in [2.24, 2.45) is 23.7 Å². The van der Waals surface area contributed by atoms with Crippen LogP contribution in [0, 0.1) is 23.7 Å². The fourth-order valence-corrected chi connectivity index (χ4v) is 5.70. The molecule has 2 aromatic rings. The van der Waals surface area contributed by atoms with E-state index >= 15 is 0 Å². The molecule has 2 aliphatic heterocycles. The molecule has 0 N–H and O–H groups in total. The molecule has 2 aromatic carbocycles. The second kappa shape index (κ2) is 6.68. The van der Waals surface area contributed by atoms with E-state index in [0.717, 1.165) is 35.8 Å². The summed E-state index contributed by atoms with van der Waals surface area (Å²) in [6.45, 7) is 0.562. The molecule has 2 bridgehead atoms. The largest absolute Gasteiger partial charge is 0.454 e. The van der Waals surface area contributed by atoms with E-state index in [1.165, 1.54) is 30.4 Å². The summed E-state index contributed by atoms with van der Waals surface area (Å²) < 4.78 is 21.9. The van der Waals surface area contributed by atoms with Crippen molar-refractivity contribution in [3.05, 3.63) is 47.5 Å². The number of fused-ring (bicyclic) bond motifs is 4. The normalized spacial score (nSPS) is 28.8. The molecule has 6 rings (SSSR count). The van der Waals surface area contributed by atoms with E-state index in [4.69, 9.17) is 18.9 Å². The molecule has 150 valence electrons. The Hall–Kier alpha value is -2.69. The minimum atomic E-state index is 0.105. The molecule has 4 atom stereocenters. The quantitative estimate of drug-likeness (QED) is 0.782. The van der Waals surface area contributed by atoms with Gasteiger partial charge in [-0.1, -0.05) is 12.1 Å². The zero-order valence-corrected chi connectivity index (χ0v) is 16.3. The first-order valence-electron chi connectivity index (χ1n) is 10.6. The van der Waals surface area contributed by atoms with Crippen molar-refractivity contribution in [3.63, 3.8) is 0 Å². The standard InChI is InChI=1S/C24H24O5/c25-24-18(7-14-1-5-20-22(9-14)28-12-26-20)16-3-4-17(11-16)19(24)8-15-2-6-21-23(10-15)29-13-27-21/h1-2,5-6,9-10,16-19H,3-4,7-8,11-13H2. The first-order valence-corrected chi connectivity index (χ1v) is 10.6. The Labute approximate surface area is 169 Å². The first-order chi connectivity index (χ1) is 14.2. The van der Waals surface area contributed by atoms with Crippen molar-refractivity contribution in [2.75, 3.05) is 13.6 Å². The third-order valence-corrected chi connectivity index (χ3v) is 7.17. The number of Topliss-reactive ketones (excluding diaryl/α,β-unsaturated/α-hetero) is 1. The molecule has 0 spiro atoms. The van der Waals surface area contributed by atoms with E-state index in [2.05, 4.69) is 12.1 Å². The number of hydrogen-bond donors (Lipinski definition) is 0. The number of carbonyl (C=O) groups excluding carboxylic acids is 1. The summed E-state index contributed by atoms with van der Waals surface area (Å²) in [5, 5.41) is 0. The highest BCUT2D eigenvalue weighted by Gasteiger charge is 2.47. The maximum Gasteiger partial charge on any atom is 0.231 e. The predicted octanol–water partition coefficient (Wildman–Crippen LogP) is 4.16. The molecule has 2 heterocycles. The van der Waals surface area contributed by atoms with Gasteiger partial charge in [-0.15, -0.1) is 0 Å². The predicted molar refractivity (Wildman–Crippen MR) is 105 cm³/mol. The minimum Gasteiger partial charge on any atom is -0.454 e. The van der Waals surface area contributed by atoms with Crippen molar-refractivity contribution < 1.29 is 23.7 Å². The number of hydrogen-bond acceptors (Lipinski definition) is 5. The summed E-state index contributed by atoms with van der Waals surface area (Å²) in [5.74, 6) is 4.88. The molecule has 2 aliphatic carbocycles. The third-order valence-electron chi connectivity index (χ3n) is 7.17. The summed E-state index contributed by atoms with van der Waals surface area (Å²) >= 11 is 0. The maximum atomic E-state index is 13.6. The van der Waals surface area contributed by atoms with Crippen molar-refractivity contribution in [3.8, 4) is 23.0 Å². The second-order valence-electron chi connectivity index (χ2n) is 8.73. The highest BCUT2D eigenvalue weighted by Crippen LogP contribution is 2.49. The van der Waals surface area contributed by atoms with Crippen molar-refractivity contribution in [1.82, 2.24) is 0 Å². The first kappa shape index (κ1) is 17.2. The summed E-state index contributed by atoms with van der Waals surface area (Å²) in [4.78, 5) is 13.6. The van der Waals surface area contributed by atoms with Gasteiger partial charge in [0.15, 0.2) is 23.0 Å². The minimum absolute atomic E-state index is 0.105. The van der Waals surface area contributed by atoms with Gasteiger partial charge in [-0.25, -0.2) is 0 Å². The van der Waals surface area contributed by atoms with E-state index < -0.39 is 0 Å². The van der Waals surface area contributed by atoms with E-state index in [9.17, 15) is 4.79 Å². The molecule has 0 amide bonds. The van der Waals surface area contributed by atoms with Gasteiger partial charge in [-0.3, -0.25) is 4.79 Å². The summed E-state index contributed by atoms with van der Waals surface area (Å²) in [5.41, 5.74) is 2.33. The Morgan fingerprint density at radius 3 is 1.69 bits per heavy atom. The lowest BCUT2D eigenvalue weighted by molar-refractivity contribution is -0.132.